The van der Waals surface area contributed by atoms with E-state index >= 15 is 0 Å². The van der Waals surface area contributed by atoms with Crippen molar-refractivity contribution in [3.05, 3.63) is 28.2 Å². The predicted octanol–water partition coefficient (Wildman–Crippen LogP) is 7.76. The summed E-state index contributed by atoms with van der Waals surface area (Å²) in [6.07, 6.45) is 9.26. The first-order valence-electron chi connectivity index (χ1n) is 13.6. The average molecular weight is 518 g/mol. The van der Waals surface area contributed by atoms with E-state index in [4.69, 9.17) is 33.0 Å². The van der Waals surface area contributed by atoms with Gasteiger partial charge in [0, 0.05) is 17.0 Å². The topological polar surface area (TPSA) is 41.9 Å². The zero-order valence-electron chi connectivity index (χ0n) is 21.5. The Kier molecular flexibility index (Phi) is 5.42. The lowest BCUT2D eigenvalue weighted by atomic mass is 9.39. The number of rotatable bonds is 3. The number of benzene rings is 1. The molecular formula is C29H38Cl2N2O2. The van der Waals surface area contributed by atoms with E-state index in [2.05, 4.69) is 25.8 Å². The van der Waals surface area contributed by atoms with Crippen molar-refractivity contribution in [1.29, 1.82) is 0 Å². The van der Waals surface area contributed by atoms with E-state index < -0.39 is 0 Å². The molecule has 4 aliphatic carbocycles. The smallest absolute Gasteiger partial charge is 0.312 e. The van der Waals surface area contributed by atoms with E-state index in [1.807, 2.05) is 25.1 Å². The van der Waals surface area contributed by atoms with Crippen LogP contribution >= 0.6 is 23.2 Å². The molecule has 190 valence electrons. The molecule has 4 fully saturated rings. The normalized spacial score (nSPS) is 43.8. The monoisotopic (exact) mass is 516 g/mol. The van der Waals surface area contributed by atoms with Gasteiger partial charge in [-0.05, 0) is 93.6 Å². The lowest BCUT2D eigenvalue weighted by molar-refractivity contribution is -0.191. The molecule has 6 rings (SSSR count). The lowest BCUT2D eigenvalue weighted by Gasteiger charge is -2.64. The third-order valence-corrected chi connectivity index (χ3v) is 12.1. The Bertz CT molecular complexity index is 1110. The summed E-state index contributed by atoms with van der Waals surface area (Å²) < 4.78 is 5.66. The number of anilines is 1. The molecule has 7 atom stereocenters. The van der Waals surface area contributed by atoms with Crippen LogP contribution in [0, 0.1) is 39.4 Å². The van der Waals surface area contributed by atoms with Gasteiger partial charge in [-0.25, -0.2) is 0 Å². The first kappa shape index (κ1) is 24.1. The fourth-order valence-corrected chi connectivity index (χ4v) is 10.4. The van der Waals surface area contributed by atoms with Crippen LogP contribution in [-0.2, 0) is 9.53 Å². The largest absolute Gasteiger partial charge is 0.466 e. The number of carbonyl (C=O) groups is 1. The molecule has 4 saturated carbocycles. The van der Waals surface area contributed by atoms with Gasteiger partial charge in [0.05, 0.1) is 34.3 Å². The Balaban J connectivity index is 1.38. The van der Waals surface area contributed by atoms with Crippen LogP contribution in [-0.4, -0.2) is 24.8 Å². The first-order valence-corrected chi connectivity index (χ1v) is 14.3. The van der Waals surface area contributed by atoms with Crippen LogP contribution < -0.4 is 5.01 Å². The summed E-state index contributed by atoms with van der Waals surface area (Å²) in [5, 5.41) is 8.57. The summed E-state index contributed by atoms with van der Waals surface area (Å²) in [6, 6.07) is 5.84. The van der Waals surface area contributed by atoms with E-state index in [1.165, 1.54) is 37.8 Å². The second kappa shape index (κ2) is 7.87. The van der Waals surface area contributed by atoms with Crippen molar-refractivity contribution in [1.82, 2.24) is 0 Å². The fraction of sp³-hybridized carbons (Fsp3) is 0.724. The van der Waals surface area contributed by atoms with Gasteiger partial charge in [-0.2, -0.15) is 5.10 Å². The van der Waals surface area contributed by atoms with Crippen molar-refractivity contribution in [2.75, 3.05) is 18.2 Å². The maximum absolute atomic E-state index is 13.3. The number of hydrazone groups is 1. The third kappa shape index (κ3) is 3.11. The molecule has 1 aliphatic heterocycles. The van der Waals surface area contributed by atoms with Crippen LogP contribution in [0.1, 0.15) is 79.1 Å². The molecule has 0 radical (unpaired) electrons. The van der Waals surface area contributed by atoms with Gasteiger partial charge in [-0.1, -0.05) is 49.5 Å². The summed E-state index contributed by atoms with van der Waals surface area (Å²) >= 11 is 13.0. The highest BCUT2D eigenvalue weighted by molar-refractivity contribution is 6.43. The average Bonchev–Trinajstić information content (AvgIpc) is 3.33. The maximum Gasteiger partial charge on any atom is 0.312 e. The van der Waals surface area contributed by atoms with Crippen LogP contribution in [0.4, 0.5) is 5.69 Å². The van der Waals surface area contributed by atoms with Gasteiger partial charge in [-0.15, -0.1) is 0 Å². The quantitative estimate of drug-likeness (QED) is 0.385. The number of ether oxygens (including phenoxy) is 1. The van der Waals surface area contributed by atoms with E-state index in [1.54, 1.807) is 0 Å². The molecule has 35 heavy (non-hydrogen) atoms. The molecule has 2 bridgehead atoms. The number of hydrogen-bond acceptors (Lipinski definition) is 4. The predicted molar refractivity (Wildman–Crippen MR) is 142 cm³/mol. The lowest BCUT2D eigenvalue weighted by Crippen LogP contribution is -2.60. The number of esters is 1. The summed E-state index contributed by atoms with van der Waals surface area (Å²) in [7, 11) is 0. The van der Waals surface area contributed by atoms with Crippen LogP contribution in [0.5, 0.6) is 0 Å². The van der Waals surface area contributed by atoms with Crippen LogP contribution in [0.25, 0.3) is 0 Å². The van der Waals surface area contributed by atoms with E-state index in [-0.39, 0.29) is 27.6 Å². The molecule has 6 heteroatoms. The van der Waals surface area contributed by atoms with Crippen molar-refractivity contribution in [3.8, 4) is 0 Å². The molecule has 1 spiro atoms. The molecule has 0 unspecified atom stereocenters. The van der Waals surface area contributed by atoms with E-state index in [0.29, 0.717) is 34.4 Å². The highest BCUT2D eigenvalue weighted by Gasteiger charge is 2.71. The van der Waals surface area contributed by atoms with Gasteiger partial charge in [0.25, 0.3) is 0 Å². The Labute approximate surface area is 219 Å². The van der Waals surface area contributed by atoms with E-state index in [9.17, 15) is 4.79 Å². The standard InChI is InChI=1S/C29H38Cl2N2O2/c1-5-35-25(34)28(4)13-7-12-27(3)21(28)11-15-29-17-26(2,14-10-22(27)29)24-18(29)16-33(32-24)20-9-6-8-19(30)23(20)31/h6,8-9,18,21-22H,5,7,10-17H2,1-4H3/t18-,21+,22+,26+,27-,28-,29-/m1/s1. The third-order valence-electron chi connectivity index (χ3n) is 11.2. The fourth-order valence-electron chi connectivity index (χ4n) is 9.97. The summed E-state index contributed by atoms with van der Waals surface area (Å²) in [5.74, 6) is 1.49. The van der Waals surface area contributed by atoms with Crippen LogP contribution in [0.3, 0.4) is 0 Å². The van der Waals surface area contributed by atoms with Crippen molar-refractivity contribution in [2.45, 2.75) is 79.1 Å². The Morgan fingerprint density at radius 3 is 2.66 bits per heavy atom. The summed E-state index contributed by atoms with van der Waals surface area (Å²) in [5.41, 5.74) is 2.52. The molecule has 5 aliphatic rings. The van der Waals surface area contributed by atoms with Crippen molar-refractivity contribution < 1.29 is 9.53 Å². The van der Waals surface area contributed by atoms with Gasteiger partial charge >= 0.3 is 5.97 Å². The second-order valence-corrected chi connectivity index (χ2v) is 13.6. The Hall–Kier alpha value is -1.26. The van der Waals surface area contributed by atoms with Crippen LogP contribution in [0.2, 0.25) is 10.0 Å². The minimum absolute atomic E-state index is 0.0313. The Morgan fingerprint density at radius 1 is 1.11 bits per heavy atom. The number of carbonyl (C=O) groups excluding carboxylic acids is 1. The minimum Gasteiger partial charge on any atom is -0.466 e. The summed E-state index contributed by atoms with van der Waals surface area (Å²) in [6.45, 7) is 10.5. The zero-order valence-corrected chi connectivity index (χ0v) is 23.0. The van der Waals surface area contributed by atoms with E-state index in [0.717, 1.165) is 31.5 Å². The number of fused-ring (bicyclic) bond motifs is 5. The molecular weight excluding hydrogens is 479 g/mol. The SMILES string of the molecule is CCOC(=O)[C@]1(C)CCC[C@@]2(C)[C@@H]3CC[C@@]4(C)C[C@]3(CC[C@@H]21)[C@@H]1CN(c2cccc(Cl)c2Cl)N=C14. The highest BCUT2D eigenvalue weighted by Crippen LogP contribution is 2.75. The van der Waals surface area contributed by atoms with Gasteiger partial charge in [0.1, 0.15) is 0 Å². The molecule has 0 aromatic heterocycles. The molecule has 1 heterocycles. The summed E-state index contributed by atoms with van der Waals surface area (Å²) in [4.78, 5) is 13.3. The zero-order chi connectivity index (χ0) is 24.8. The Morgan fingerprint density at radius 2 is 1.89 bits per heavy atom. The second-order valence-electron chi connectivity index (χ2n) is 12.8. The molecule has 4 nitrogen and oxygen atoms in total. The van der Waals surface area contributed by atoms with Crippen molar-refractivity contribution >= 4 is 40.6 Å². The molecule has 0 saturated heterocycles. The van der Waals surface area contributed by atoms with Crippen molar-refractivity contribution in [2.24, 2.45) is 44.5 Å². The maximum atomic E-state index is 13.3. The van der Waals surface area contributed by atoms with Gasteiger partial charge < -0.3 is 4.74 Å². The molecule has 0 N–H and O–H groups in total. The number of halogens is 2. The number of nitrogens with zero attached hydrogens (tertiary/aromatic N) is 2. The minimum atomic E-state index is -0.364. The van der Waals surface area contributed by atoms with Gasteiger partial charge in [0.2, 0.25) is 0 Å². The first-order chi connectivity index (χ1) is 16.6. The highest BCUT2D eigenvalue weighted by atomic mass is 35.5. The number of hydrogen-bond donors (Lipinski definition) is 0. The molecule has 1 aromatic rings. The van der Waals surface area contributed by atoms with Gasteiger partial charge in [0.15, 0.2) is 0 Å². The van der Waals surface area contributed by atoms with Gasteiger partial charge in [-0.3, -0.25) is 9.80 Å². The van der Waals surface area contributed by atoms with Crippen molar-refractivity contribution in [3.63, 3.8) is 0 Å². The molecule has 1 aromatic carbocycles. The van der Waals surface area contributed by atoms with Crippen LogP contribution in [0.15, 0.2) is 23.3 Å². The molecule has 0 amide bonds.